The minimum atomic E-state index is -3.72. The molecule has 1 rings (SSSR count). The number of methoxy groups -OCH3 is 1. The van der Waals surface area contributed by atoms with Crippen LogP contribution in [0.15, 0.2) is 23.1 Å². The number of benzene rings is 1. The van der Waals surface area contributed by atoms with E-state index in [0.717, 1.165) is 0 Å². The van der Waals surface area contributed by atoms with Crippen LogP contribution in [-0.4, -0.2) is 34.1 Å². The van der Waals surface area contributed by atoms with Crippen LogP contribution in [0, 0.1) is 6.92 Å². The van der Waals surface area contributed by atoms with Gasteiger partial charge in [-0.25, -0.2) is 17.9 Å². The molecule has 0 spiro atoms. The monoisotopic (exact) mass is 300 g/mol. The van der Waals surface area contributed by atoms with Crippen LogP contribution >= 0.6 is 0 Å². The number of nitrogens with two attached hydrogens (primary N) is 1. The molecule has 20 heavy (non-hydrogen) atoms. The summed E-state index contributed by atoms with van der Waals surface area (Å²) in [6.45, 7) is 3.72. The van der Waals surface area contributed by atoms with Gasteiger partial charge in [-0.05, 0) is 31.0 Å². The lowest BCUT2D eigenvalue weighted by Gasteiger charge is -2.16. The lowest BCUT2D eigenvalue weighted by molar-refractivity contribution is 0.0600. The highest BCUT2D eigenvalue weighted by Crippen LogP contribution is 2.18. The summed E-state index contributed by atoms with van der Waals surface area (Å²) in [4.78, 5) is 11.5. The quantitative estimate of drug-likeness (QED) is 0.757. The third-order valence-corrected chi connectivity index (χ3v) is 4.66. The average Bonchev–Trinajstić information content (AvgIpc) is 2.44. The third-order valence-electron chi connectivity index (χ3n) is 3.00. The van der Waals surface area contributed by atoms with Crippen LogP contribution in [0.25, 0.3) is 0 Å². The van der Waals surface area contributed by atoms with Crippen molar-refractivity contribution in [3.63, 3.8) is 0 Å². The molecular weight excluding hydrogens is 280 g/mol. The number of hydrogen-bond donors (Lipinski definition) is 2. The van der Waals surface area contributed by atoms with E-state index in [2.05, 4.69) is 9.46 Å². The molecule has 1 aromatic rings. The second kappa shape index (κ2) is 6.83. The van der Waals surface area contributed by atoms with Crippen molar-refractivity contribution in [1.82, 2.24) is 4.72 Å². The predicted molar refractivity (Wildman–Crippen MR) is 76.0 cm³/mol. The number of ether oxygens (including phenoxy) is 1. The van der Waals surface area contributed by atoms with E-state index in [1.807, 2.05) is 6.92 Å². The Kier molecular flexibility index (Phi) is 5.67. The van der Waals surface area contributed by atoms with Gasteiger partial charge in [0.1, 0.15) is 0 Å². The first-order valence-electron chi connectivity index (χ1n) is 6.27. The Hall–Kier alpha value is -1.44. The zero-order valence-corrected chi connectivity index (χ0v) is 12.7. The van der Waals surface area contributed by atoms with E-state index >= 15 is 0 Å². The molecule has 0 amide bonds. The van der Waals surface area contributed by atoms with E-state index in [0.29, 0.717) is 12.0 Å². The Morgan fingerprint density at radius 1 is 1.45 bits per heavy atom. The lowest BCUT2D eigenvalue weighted by atomic mass is 10.1. The molecule has 0 heterocycles. The highest BCUT2D eigenvalue weighted by Gasteiger charge is 2.21. The van der Waals surface area contributed by atoms with Crippen LogP contribution in [0.3, 0.4) is 0 Å². The normalized spacial score (nSPS) is 13.0. The number of carbonyl (C=O) groups is 1. The largest absolute Gasteiger partial charge is 0.465 e. The molecule has 0 aliphatic rings. The van der Waals surface area contributed by atoms with Crippen molar-refractivity contribution in [1.29, 1.82) is 0 Å². The van der Waals surface area contributed by atoms with Crippen molar-refractivity contribution in [2.45, 2.75) is 31.2 Å². The first kappa shape index (κ1) is 16.6. The standard InChI is InChI=1S/C13H20N2O4S/c1-4-11(8-14)15-20(17,18)12-7-10(13(16)19-3)6-5-9(12)2/h5-7,11,15H,4,8,14H2,1-3H3. The molecular formula is C13H20N2O4S. The SMILES string of the molecule is CCC(CN)NS(=O)(=O)c1cc(C(=O)OC)ccc1C. The first-order chi connectivity index (χ1) is 9.35. The second-order valence-corrected chi connectivity index (χ2v) is 6.12. The summed E-state index contributed by atoms with van der Waals surface area (Å²) >= 11 is 0. The fourth-order valence-electron chi connectivity index (χ4n) is 1.72. The highest BCUT2D eigenvalue weighted by molar-refractivity contribution is 7.89. The van der Waals surface area contributed by atoms with Crippen molar-refractivity contribution >= 4 is 16.0 Å². The molecule has 0 saturated heterocycles. The molecule has 1 unspecified atom stereocenters. The number of sulfonamides is 1. The maximum atomic E-state index is 12.3. The van der Waals surface area contributed by atoms with Crippen LogP contribution in [0.5, 0.6) is 0 Å². The molecule has 1 atom stereocenters. The fourth-order valence-corrected chi connectivity index (χ4v) is 3.32. The van der Waals surface area contributed by atoms with E-state index in [-0.39, 0.29) is 23.0 Å². The van der Waals surface area contributed by atoms with Gasteiger partial charge in [0.25, 0.3) is 0 Å². The zero-order valence-electron chi connectivity index (χ0n) is 11.8. The molecule has 0 saturated carbocycles. The van der Waals surface area contributed by atoms with Gasteiger partial charge in [0.2, 0.25) is 10.0 Å². The Balaban J connectivity index is 3.20. The van der Waals surface area contributed by atoms with Crippen molar-refractivity contribution in [2.75, 3.05) is 13.7 Å². The van der Waals surface area contributed by atoms with Gasteiger partial charge >= 0.3 is 5.97 Å². The summed E-state index contributed by atoms with van der Waals surface area (Å²) in [7, 11) is -2.47. The number of carbonyl (C=O) groups excluding carboxylic acids is 1. The van der Waals surface area contributed by atoms with Crippen molar-refractivity contribution in [3.8, 4) is 0 Å². The van der Waals surface area contributed by atoms with E-state index in [4.69, 9.17) is 5.73 Å². The summed E-state index contributed by atoms with van der Waals surface area (Å²) in [5, 5.41) is 0. The smallest absolute Gasteiger partial charge is 0.337 e. The maximum Gasteiger partial charge on any atom is 0.337 e. The molecule has 3 N–H and O–H groups in total. The Morgan fingerprint density at radius 2 is 2.10 bits per heavy atom. The molecule has 1 aromatic carbocycles. The molecule has 0 aromatic heterocycles. The van der Waals surface area contributed by atoms with Crippen molar-refractivity contribution in [2.24, 2.45) is 5.73 Å². The number of aryl methyl sites for hydroxylation is 1. The van der Waals surface area contributed by atoms with Crippen molar-refractivity contribution in [3.05, 3.63) is 29.3 Å². The molecule has 0 radical (unpaired) electrons. The maximum absolute atomic E-state index is 12.3. The van der Waals surface area contributed by atoms with Crippen LogP contribution < -0.4 is 10.5 Å². The number of esters is 1. The molecule has 112 valence electrons. The van der Waals surface area contributed by atoms with Crippen LogP contribution in [0.2, 0.25) is 0 Å². The number of hydrogen-bond acceptors (Lipinski definition) is 5. The van der Waals surface area contributed by atoms with Gasteiger partial charge in [0.05, 0.1) is 17.6 Å². The molecule has 0 bridgehead atoms. The van der Waals surface area contributed by atoms with Gasteiger partial charge in [0.15, 0.2) is 0 Å². The van der Waals surface area contributed by atoms with Crippen LogP contribution in [0.1, 0.15) is 29.3 Å². The van der Waals surface area contributed by atoms with Crippen LogP contribution in [-0.2, 0) is 14.8 Å². The van der Waals surface area contributed by atoms with Crippen LogP contribution in [0.4, 0.5) is 0 Å². The average molecular weight is 300 g/mol. The number of rotatable bonds is 6. The fraction of sp³-hybridized carbons (Fsp3) is 0.462. The second-order valence-electron chi connectivity index (χ2n) is 4.43. The molecule has 0 fully saturated rings. The Morgan fingerprint density at radius 3 is 2.60 bits per heavy atom. The summed E-state index contributed by atoms with van der Waals surface area (Å²) in [5.74, 6) is -0.577. The van der Waals surface area contributed by atoms with Gasteiger partial charge in [-0.1, -0.05) is 13.0 Å². The van der Waals surface area contributed by atoms with Crippen molar-refractivity contribution < 1.29 is 17.9 Å². The summed E-state index contributed by atoms with van der Waals surface area (Å²) in [5.41, 5.74) is 6.25. The molecule has 0 aliphatic heterocycles. The van der Waals surface area contributed by atoms with E-state index in [1.165, 1.54) is 19.2 Å². The van der Waals surface area contributed by atoms with Gasteiger partial charge in [-0.3, -0.25) is 0 Å². The summed E-state index contributed by atoms with van der Waals surface area (Å²) in [6.07, 6.45) is 0.589. The minimum Gasteiger partial charge on any atom is -0.465 e. The van der Waals surface area contributed by atoms with E-state index in [9.17, 15) is 13.2 Å². The zero-order chi connectivity index (χ0) is 15.3. The lowest BCUT2D eigenvalue weighted by Crippen LogP contribution is -2.39. The Labute approximate surface area is 119 Å². The highest BCUT2D eigenvalue weighted by atomic mass is 32.2. The van der Waals surface area contributed by atoms with E-state index in [1.54, 1.807) is 13.0 Å². The minimum absolute atomic E-state index is 0.0623. The molecule has 7 heteroatoms. The van der Waals surface area contributed by atoms with Gasteiger partial charge in [-0.2, -0.15) is 0 Å². The van der Waals surface area contributed by atoms with Gasteiger partial charge in [0, 0.05) is 12.6 Å². The predicted octanol–water partition coefficient (Wildman–Crippen LogP) is 0.797. The topological polar surface area (TPSA) is 98.5 Å². The van der Waals surface area contributed by atoms with E-state index < -0.39 is 16.0 Å². The molecule has 0 aliphatic carbocycles. The molecule has 6 nitrogen and oxygen atoms in total. The first-order valence-corrected chi connectivity index (χ1v) is 7.75. The Bertz CT molecular complexity index is 580. The third kappa shape index (κ3) is 3.78. The van der Waals surface area contributed by atoms with Gasteiger partial charge in [-0.15, -0.1) is 0 Å². The van der Waals surface area contributed by atoms with Gasteiger partial charge < -0.3 is 10.5 Å². The summed E-state index contributed by atoms with van der Waals surface area (Å²) < 4.78 is 31.8. The summed E-state index contributed by atoms with van der Waals surface area (Å²) in [6, 6.07) is 4.08. The number of nitrogens with one attached hydrogen (secondary N) is 1.